The largest absolute Gasteiger partial charge is 0.367 e. The molecule has 0 unspecified atom stereocenters. The Morgan fingerprint density at radius 1 is 1.12 bits per heavy atom. The molecule has 0 spiro atoms. The normalized spacial score (nSPS) is 13.9. The van der Waals surface area contributed by atoms with E-state index in [4.69, 9.17) is 0 Å². The second kappa shape index (κ2) is 5.48. The Morgan fingerprint density at radius 3 is 2.62 bits per heavy atom. The summed E-state index contributed by atoms with van der Waals surface area (Å²) < 4.78 is 0. The molecule has 8 nitrogen and oxygen atoms in total. The lowest BCUT2D eigenvalue weighted by Crippen LogP contribution is -2.18. The maximum atomic E-state index is 11.9. The van der Waals surface area contributed by atoms with Crippen molar-refractivity contribution >= 4 is 28.2 Å². The summed E-state index contributed by atoms with van der Waals surface area (Å²) in [5.74, 6) is 1.24. The van der Waals surface area contributed by atoms with Gasteiger partial charge in [0, 0.05) is 23.5 Å². The lowest BCUT2D eigenvalue weighted by Gasteiger charge is -2.10. The van der Waals surface area contributed by atoms with Gasteiger partial charge in [0.25, 0.3) is 11.1 Å². The van der Waals surface area contributed by atoms with E-state index in [0.29, 0.717) is 28.5 Å². The minimum atomic E-state index is -0.353. The SMILES string of the molecule is Cc1cnc(Nc2ccc3c(=O)[nH][nH]c(=O)c3c2)nc1NC1CC1. The average Bonchev–Trinajstić information content (AvgIpc) is 3.38. The molecule has 1 aromatic carbocycles. The fourth-order valence-electron chi connectivity index (χ4n) is 2.45. The molecule has 4 rings (SSSR count). The van der Waals surface area contributed by atoms with Gasteiger partial charge < -0.3 is 10.6 Å². The van der Waals surface area contributed by atoms with Gasteiger partial charge in [-0.1, -0.05) is 0 Å². The fourth-order valence-corrected chi connectivity index (χ4v) is 2.45. The molecule has 2 heterocycles. The van der Waals surface area contributed by atoms with Crippen molar-refractivity contribution in [1.82, 2.24) is 20.2 Å². The number of hydrogen-bond acceptors (Lipinski definition) is 6. The van der Waals surface area contributed by atoms with E-state index in [9.17, 15) is 9.59 Å². The summed E-state index contributed by atoms with van der Waals surface area (Å²) in [5.41, 5.74) is 0.932. The van der Waals surface area contributed by atoms with Crippen LogP contribution in [0.5, 0.6) is 0 Å². The van der Waals surface area contributed by atoms with Crippen LogP contribution < -0.4 is 21.8 Å². The van der Waals surface area contributed by atoms with Crippen molar-refractivity contribution in [3.63, 3.8) is 0 Å². The number of nitrogens with one attached hydrogen (secondary N) is 4. The molecule has 0 bridgehead atoms. The lowest BCUT2D eigenvalue weighted by molar-refractivity contribution is 0.976. The van der Waals surface area contributed by atoms with Crippen molar-refractivity contribution in [2.45, 2.75) is 25.8 Å². The van der Waals surface area contributed by atoms with Gasteiger partial charge in [-0.15, -0.1) is 0 Å². The molecule has 0 amide bonds. The minimum Gasteiger partial charge on any atom is -0.367 e. The lowest BCUT2D eigenvalue weighted by atomic mass is 10.2. The highest BCUT2D eigenvalue weighted by atomic mass is 16.1. The summed E-state index contributed by atoms with van der Waals surface area (Å²) in [6, 6.07) is 5.43. The third-order valence-corrected chi connectivity index (χ3v) is 3.94. The third kappa shape index (κ3) is 2.73. The smallest absolute Gasteiger partial charge is 0.270 e. The van der Waals surface area contributed by atoms with Crippen molar-refractivity contribution in [2.75, 3.05) is 10.6 Å². The Labute approximate surface area is 136 Å². The highest BCUT2D eigenvalue weighted by Gasteiger charge is 2.22. The van der Waals surface area contributed by atoms with E-state index in [1.54, 1.807) is 24.4 Å². The van der Waals surface area contributed by atoms with Crippen LogP contribution in [0.25, 0.3) is 10.8 Å². The molecule has 1 aliphatic carbocycles. The van der Waals surface area contributed by atoms with E-state index in [2.05, 4.69) is 30.8 Å². The number of aryl methyl sites for hydroxylation is 1. The van der Waals surface area contributed by atoms with Gasteiger partial charge >= 0.3 is 0 Å². The highest BCUT2D eigenvalue weighted by Crippen LogP contribution is 2.26. The molecule has 4 N–H and O–H groups in total. The molecule has 2 aromatic heterocycles. The molecule has 1 fully saturated rings. The van der Waals surface area contributed by atoms with Crippen LogP contribution in [0, 0.1) is 6.92 Å². The maximum Gasteiger partial charge on any atom is 0.270 e. The minimum absolute atomic E-state index is 0.312. The van der Waals surface area contributed by atoms with Gasteiger partial charge in [0.2, 0.25) is 5.95 Å². The van der Waals surface area contributed by atoms with Gasteiger partial charge in [0.05, 0.1) is 10.8 Å². The van der Waals surface area contributed by atoms with E-state index >= 15 is 0 Å². The number of nitrogens with zero attached hydrogens (tertiary/aromatic N) is 2. The summed E-state index contributed by atoms with van der Waals surface area (Å²) in [4.78, 5) is 32.3. The molecule has 0 aliphatic heterocycles. The van der Waals surface area contributed by atoms with Crippen LogP contribution in [0.2, 0.25) is 0 Å². The monoisotopic (exact) mass is 324 g/mol. The van der Waals surface area contributed by atoms with Crippen LogP contribution in [-0.2, 0) is 0 Å². The molecule has 3 aromatic rings. The summed E-state index contributed by atoms with van der Waals surface area (Å²) in [6.45, 7) is 1.95. The van der Waals surface area contributed by atoms with Gasteiger partial charge in [-0.2, -0.15) is 4.98 Å². The molecule has 1 aliphatic rings. The van der Waals surface area contributed by atoms with E-state index in [-0.39, 0.29) is 11.1 Å². The standard InChI is InChI=1S/C16H16N6O2/c1-8-7-17-16(20-13(8)18-9-2-3-9)19-10-4-5-11-12(6-10)15(24)22-21-14(11)23/h4-7,9H,2-3H2,1H3,(H,21,23)(H,22,24)(H2,17,18,19,20). The summed E-state index contributed by atoms with van der Waals surface area (Å²) in [7, 11) is 0. The zero-order valence-electron chi connectivity index (χ0n) is 13.0. The first-order valence-electron chi connectivity index (χ1n) is 7.72. The maximum absolute atomic E-state index is 11.9. The van der Waals surface area contributed by atoms with Gasteiger partial charge in [-0.25, -0.2) is 4.98 Å². The molecule has 8 heteroatoms. The van der Waals surface area contributed by atoms with Crippen molar-refractivity contribution in [2.24, 2.45) is 0 Å². The molecule has 1 saturated carbocycles. The highest BCUT2D eigenvalue weighted by molar-refractivity contribution is 5.84. The first-order valence-corrected chi connectivity index (χ1v) is 7.72. The van der Waals surface area contributed by atoms with Crippen LogP contribution in [0.4, 0.5) is 17.5 Å². The number of hydrogen-bond donors (Lipinski definition) is 4. The van der Waals surface area contributed by atoms with E-state index in [0.717, 1.165) is 24.2 Å². The molecule has 0 radical (unpaired) electrons. The topological polar surface area (TPSA) is 116 Å². The Kier molecular flexibility index (Phi) is 3.30. The Morgan fingerprint density at radius 2 is 1.88 bits per heavy atom. The Bertz CT molecular complexity index is 1030. The van der Waals surface area contributed by atoms with Gasteiger partial charge in [-0.05, 0) is 38.0 Å². The quantitative estimate of drug-likeness (QED) is 0.580. The number of rotatable bonds is 4. The second-order valence-electron chi connectivity index (χ2n) is 5.94. The van der Waals surface area contributed by atoms with Crippen LogP contribution in [0.3, 0.4) is 0 Å². The first kappa shape index (κ1) is 14.4. The van der Waals surface area contributed by atoms with Gasteiger partial charge in [-0.3, -0.25) is 19.8 Å². The number of aromatic amines is 2. The van der Waals surface area contributed by atoms with Crippen LogP contribution >= 0.6 is 0 Å². The summed E-state index contributed by atoms with van der Waals surface area (Å²) in [6.07, 6.45) is 4.07. The summed E-state index contributed by atoms with van der Waals surface area (Å²) in [5, 5.41) is 11.7. The first-order chi connectivity index (χ1) is 11.6. The van der Waals surface area contributed by atoms with E-state index in [1.165, 1.54) is 0 Å². The molecule has 24 heavy (non-hydrogen) atoms. The van der Waals surface area contributed by atoms with Gasteiger partial charge in [0.1, 0.15) is 5.82 Å². The van der Waals surface area contributed by atoms with Crippen molar-refractivity contribution in [1.29, 1.82) is 0 Å². The van der Waals surface area contributed by atoms with Crippen molar-refractivity contribution in [3.8, 4) is 0 Å². The molecular formula is C16H16N6O2. The molecular weight excluding hydrogens is 308 g/mol. The molecule has 0 atom stereocenters. The van der Waals surface area contributed by atoms with E-state index in [1.807, 2.05) is 6.92 Å². The Hall–Kier alpha value is -3.16. The van der Waals surface area contributed by atoms with Crippen LogP contribution in [-0.4, -0.2) is 26.2 Å². The zero-order chi connectivity index (χ0) is 16.7. The predicted octanol–water partition coefficient (Wildman–Crippen LogP) is 1.63. The van der Waals surface area contributed by atoms with Crippen molar-refractivity contribution in [3.05, 3.63) is 50.7 Å². The van der Waals surface area contributed by atoms with E-state index < -0.39 is 0 Å². The van der Waals surface area contributed by atoms with Crippen molar-refractivity contribution < 1.29 is 0 Å². The van der Waals surface area contributed by atoms with Crippen LogP contribution in [0.15, 0.2) is 34.0 Å². The third-order valence-electron chi connectivity index (χ3n) is 3.94. The average molecular weight is 324 g/mol. The number of anilines is 3. The molecule has 0 saturated heterocycles. The van der Waals surface area contributed by atoms with Gasteiger partial charge in [0.15, 0.2) is 0 Å². The number of fused-ring (bicyclic) bond motifs is 1. The summed E-state index contributed by atoms with van der Waals surface area (Å²) >= 11 is 0. The predicted molar refractivity (Wildman–Crippen MR) is 91.9 cm³/mol. The number of benzene rings is 1. The fraction of sp³-hybridized carbons (Fsp3) is 0.250. The second-order valence-corrected chi connectivity index (χ2v) is 5.94. The zero-order valence-corrected chi connectivity index (χ0v) is 13.0. The molecule has 122 valence electrons. The number of H-pyrrole nitrogens is 2. The Balaban J connectivity index is 1.67. The van der Waals surface area contributed by atoms with Crippen LogP contribution in [0.1, 0.15) is 18.4 Å². The number of aromatic nitrogens is 4.